The van der Waals surface area contributed by atoms with Crippen molar-refractivity contribution in [2.75, 3.05) is 0 Å². The Morgan fingerprint density at radius 2 is 1.83 bits per heavy atom. The Morgan fingerprint density at radius 3 is 2.59 bits per heavy atom. The zero-order chi connectivity index (χ0) is 20.4. The minimum atomic E-state index is -0.402. The van der Waals surface area contributed by atoms with Crippen LogP contribution in [0.25, 0.3) is 0 Å². The molecule has 4 saturated carbocycles. The molecule has 0 aliphatic heterocycles. The highest BCUT2D eigenvalue weighted by Gasteiger charge is 2.58. The maximum Gasteiger partial charge on any atom is 0.0647 e. The summed E-state index contributed by atoms with van der Waals surface area (Å²) in [6, 6.07) is 0. The van der Waals surface area contributed by atoms with Gasteiger partial charge in [-0.25, -0.2) is 0 Å². The zero-order valence-electron chi connectivity index (χ0n) is 19.1. The summed E-state index contributed by atoms with van der Waals surface area (Å²) in [7, 11) is 0. The van der Waals surface area contributed by atoms with Crippen molar-refractivity contribution in [1.29, 1.82) is 0 Å². The van der Waals surface area contributed by atoms with Crippen LogP contribution in [0.3, 0.4) is 0 Å². The van der Waals surface area contributed by atoms with E-state index in [1.54, 1.807) is 5.57 Å². The van der Waals surface area contributed by atoms with Gasteiger partial charge in [-0.3, -0.25) is 0 Å². The fraction of sp³-hybridized carbons (Fsp3) is 0.926. The van der Waals surface area contributed by atoms with E-state index < -0.39 is 5.60 Å². The Labute approximate surface area is 178 Å². The molecule has 0 aromatic carbocycles. The molecule has 5 aliphatic carbocycles. The van der Waals surface area contributed by atoms with E-state index in [2.05, 4.69) is 26.8 Å². The summed E-state index contributed by atoms with van der Waals surface area (Å²) in [4.78, 5) is 0. The van der Waals surface area contributed by atoms with Gasteiger partial charge in [-0.1, -0.05) is 31.9 Å². The molecule has 2 N–H and O–H groups in total. The largest absolute Gasteiger partial charge is 0.393 e. The average Bonchev–Trinajstić information content (AvgIpc) is 3.47. The second-order valence-electron chi connectivity index (χ2n) is 12.5. The standard InChI is InChI=1S/C27H44O2/c1-25-16-13-24-22(10-8-20-17-21(28)12-15-26(20,24)2)23(25)11-9-18(25)5-4-14-27(3,29)19-6-7-19/h8,18-19,21-24,28-29H,4-7,9-17H2,1-3H3/t18-,21?,22-,23-,24?,25?,26?,27?/m0/s1. The summed E-state index contributed by atoms with van der Waals surface area (Å²) < 4.78 is 0. The molecule has 29 heavy (non-hydrogen) atoms. The summed E-state index contributed by atoms with van der Waals surface area (Å²) in [6.07, 6.45) is 18.6. The summed E-state index contributed by atoms with van der Waals surface area (Å²) >= 11 is 0. The van der Waals surface area contributed by atoms with E-state index in [1.807, 2.05) is 0 Å². The molecule has 5 unspecified atom stereocenters. The van der Waals surface area contributed by atoms with Crippen LogP contribution in [0, 0.1) is 40.4 Å². The molecule has 4 fully saturated rings. The second kappa shape index (κ2) is 7.09. The third-order valence-electron chi connectivity index (χ3n) is 11.0. The molecule has 2 heteroatoms. The smallest absolute Gasteiger partial charge is 0.0647 e. The van der Waals surface area contributed by atoms with E-state index in [0.29, 0.717) is 16.7 Å². The fourth-order valence-corrected chi connectivity index (χ4v) is 8.84. The molecule has 0 aromatic rings. The van der Waals surface area contributed by atoms with Crippen LogP contribution in [0.4, 0.5) is 0 Å². The van der Waals surface area contributed by atoms with Crippen molar-refractivity contribution in [3.63, 3.8) is 0 Å². The van der Waals surface area contributed by atoms with Gasteiger partial charge in [0.15, 0.2) is 0 Å². The van der Waals surface area contributed by atoms with Crippen molar-refractivity contribution >= 4 is 0 Å². The molecule has 0 aromatic heterocycles. The maximum absolute atomic E-state index is 10.7. The van der Waals surface area contributed by atoms with E-state index in [1.165, 1.54) is 64.2 Å². The highest BCUT2D eigenvalue weighted by molar-refractivity contribution is 5.25. The van der Waals surface area contributed by atoms with Crippen LogP contribution in [0.5, 0.6) is 0 Å². The molecule has 0 amide bonds. The van der Waals surface area contributed by atoms with Crippen molar-refractivity contribution in [3.8, 4) is 0 Å². The Morgan fingerprint density at radius 1 is 1.03 bits per heavy atom. The predicted molar refractivity (Wildman–Crippen MR) is 118 cm³/mol. The molecular formula is C27H44O2. The fourth-order valence-electron chi connectivity index (χ4n) is 8.84. The molecule has 8 atom stereocenters. The van der Waals surface area contributed by atoms with Crippen molar-refractivity contribution < 1.29 is 10.2 Å². The lowest BCUT2D eigenvalue weighted by Gasteiger charge is -2.58. The highest BCUT2D eigenvalue weighted by atomic mass is 16.3. The van der Waals surface area contributed by atoms with E-state index in [-0.39, 0.29) is 6.10 Å². The lowest BCUT2D eigenvalue weighted by molar-refractivity contribution is -0.0519. The van der Waals surface area contributed by atoms with E-state index >= 15 is 0 Å². The van der Waals surface area contributed by atoms with Gasteiger partial charge >= 0.3 is 0 Å². The Balaban J connectivity index is 1.27. The molecule has 0 radical (unpaired) electrons. The van der Waals surface area contributed by atoms with Gasteiger partial charge in [0.25, 0.3) is 0 Å². The van der Waals surface area contributed by atoms with Crippen molar-refractivity contribution in [1.82, 2.24) is 0 Å². The van der Waals surface area contributed by atoms with E-state index in [0.717, 1.165) is 42.9 Å². The van der Waals surface area contributed by atoms with Crippen LogP contribution in [0.1, 0.15) is 104 Å². The van der Waals surface area contributed by atoms with Gasteiger partial charge < -0.3 is 10.2 Å². The van der Waals surface area contributed by atoms with Gasteiger partial charge in [0.05, 0.1) is 11.7 Å². The Hall–Kier alpha value is -0.340. The molecule has 164 valence electrons. The van der Waals surface area contributed by atoms with Crippen molar-refractivity contribution in [2.45, 2.75) is 116 Å². The Kier molecular flexibility index (Phi) is 5.03. The van der Waals surface area contributed by atoms with Crippen LogP contribution in [0.2, 0.25) is 0 Å². The SMILES string of the molecule is CC(O)(CCC[C@H]1CC[C@H]2[C@@H]3CC=C4CC(O)CCC4(C)C3CCC12C)C1CC1. The quantitative estimate of drug-likeness (QED) is 0.535. The van der Waals surface area contributed by atoms with Crippen molar-refractivity contribution in [3.05, 3.63) is 11.6 Å². The van der Waals surface area contributed by atoms with Gasteiger partial charge in [-0.2, -0.15) is 0 Å². The normalized spacial score (nSPS) is 48.9. The monoisotopic (exact) mass is 400 g/mol. The average molecular weight is 401 g/mol. The minimum Gasteiger partial charge on any atom is -0.393 e. The first kappa shape index (κ1) is 20.6. The van der Waals surface area contributed by atoms with E-state index in [4.69, 9.17) is 0 Å². The van der Waals surface area contributed by atoms with E-state index in [9.17, 15) is 10.2 Å². The molecule has 5 aliphatic rings. The van der Waals surface area contributed by atoms with Gasteiger partial charge in [0.2, 0.25) is 0 Å². The van der Waals surface area contributed by atoms with Gasteiger partial charge in [-0.15, -0.1) is 0 Å². The first-order valence-corrected chi connectivity index (χ1v) is 12.8. The number of rotatable bonds is 5. The molecule has 0 bridgehead atoms. The number of aliphatic hydroxyl groups is 2. The summed E-state index contributed by atoms with van der Waals surface area (Å²) in [5, 5.41) is 20.9. The molecule has 0 heterocycles. The summed E-state index contributed by atoms with van der Waals surface area (Å²) in [6.45, 7) is 7.26. The first-order valence-electron chi connectivity index (χ1n) is 12.8. The lowest BCUT2D eigenvalue weighted by Crippen LogP contribution is -2.50. The summed E-state index contributed by atoms with van der Waals surface area (Å²) in [5.74, 6) is 4.08. The number of fused-ring (bicyclic) bond motifs is 5. The third-order valence-corrected chi connectivity index (χ3v) is 11.0. The maximum atomic E-state index is 10.7. The van der Waals surface area contributed by atoms with Gasteiger partial charge in [0.1, 0.15) is 0 Å². The molecule has 5 rings (SSSR count). The topological polar surface area (TPSA) is 40.5 Å². The number of hydrogen-bond donors (Lipinski definition) is 2. The number of aliphatic hydroxyl groups excluding tert-OH is 1. The molecule has 0 saturated heterocycles. The first-order chi connectivity index (χ1) is 13.7. The van der Waals surface area contributed by atoms with Crippen LogP contribution < -0.4 is 0 Å². The lowest BCUT2D eigenvalue weighted by atomic mass is 9.47. The van der Waals surface area contributed by atoms with Gasteiger partial charge in [-0.05, 0) is 124 Å². The number of hydrogen-bond acceptors (Lipinski definition) is 2. The van der Waals surface area contributed by atoms with Crippen LogP contribution in [-0.2, 0) is 0 Å². The van der Waals surface area contributed by atoms with Crippen LogP contribution in [0.15, 0.2) is 11.6 Å². The molecular weight excluding hydrogens is 356 g/mol. The predicted octanol–water partition coefficient (Wildman–Crippen LogP) is 6.26. The summed E-state index contributed by atoms with van der Waals surface area (Å²) in [5.41, 5.74) is 2.09. The molecule has 2 nitrogen and oxygen atoms in total. The van der Waals surface area contributed by atoms with Crippen LogP contribution >= 0.6 is 0 Å². The Bertz CT molecular complexity index is 661. The highest BCUT2D eigenvalue weighted by Crippen LogP contribution is 2.66. The van der Waals surface area contributed by atoms with Gasteiger partial charge in [0, 0.05) is 0 Å². The van der Waals surface area contributed by atoms with Crippen LogP contribution in [-0.4, -0.2) is 21.9 Å². The second-order valence-corrected chi connectivity index (χ2v) is 12.5. The number of allylic oxidation sites excluding steroid dienone is 1. The molecule has 0 spiro atoms. The van der Waals surface area contributed by atoms with Crippen molar-refractivity contribution in [2.24, 2.45) is 40.4 Å². The minimum absolute atomic E-state index is 0.0940. The zero-order valence-corrected chi connectivity index (χ0v) is 19.1. The third kappa shape index (κ3) is 3.36.